The van der Waals surface area contributed by atoms with Crippen LogP contribution >= 0.6 is 0 Å². The van der Waals surface area contributed by atoms with Crippen molar-refractivity contribution < 1.29 is 17.6 Å². The second-order valence-electron chi connectivity index (χ2n) is 5.62. The highest BCUT2D eigenvalue weighted by atomic mass is 32.2. The van der Waals surface area contributed by atoms with E-state index in [-0.39, 0.29) is 16.7 Å². The lowest BCUT2D eigenvalue weighted by atomic mass is 10.3. The molecule has 0 aliphatic heterocycles. The van der Waals surface area contributed by atoms with Gasteiger partial charge in [-0.2, -0.15) is 0 Å². The van der Waals surface area contributed by atoms with Gasteiger partial charge in [-0.15, -0.1) is 0 Å². The van der Waals surface area contributed by atoms with Gasteiger partial charge in [-0.05, 0) is 49.2 Å². The highest BCUT2D eigenvalue weighted by molar-refractivity contribution is 7.89. The summed E-state index contributed by atoms with van der Waals surface area (Å²) < 4.78 is 32.1. The summed E-state index contributed by atoms with van der Waals surface area (Å²) in [5, 5.41) is 0. The van der Waals surface area contributed by atoms with Crippen molar-refractivity contribution in [2.75, 3.05) is 5.43 Å². The van der Waals surface area contributed by atoms with Gasteiger partial charge in [-0.25, -0.2) is 13.1 Å². The van der Waals surface area contributed by atoms with Crippen LogP contribution < -0.4 is 15.6 Å². The molecule has 0 unspecified atom stereocenters. The molecule has 0 saturated heterocycles. The van der Waals surface area contributed by atoms with Gasteiger partial charge in [-0.1, -0.05) is 6.92 Å². The molecule has 1 saturated carbocycles. The number of hydrazine groups is 1. The predicted molar refractivity (Wildman–Crippen MR) is 89.0 cm³/mol. The zero-order valence-electron chi connectivity index (χ0n) is 13.2. The van der Waals surface area contributed by atoms with E-state index in [0.717, 1.165) is 18.6 Å². The second kappa shape index (κ2) is 6.66. The molecular formula is C16H19N3O4S. The summed E-state index contributed by atoms with van der Waals surface area (Å²) >= 11 is 0. The topological polar surface area (TPSA) is 100 Å². The molecule has 1 aromatic heterocycles. The summed E-state index contributed by atoms with van der Waals surface area (Å²) in [6, 6.07) is 9.57. The minimum atomic E-state index is -3.47. The molecule has 1 amide bonds. The Morgan fingerprint density at radius 1 is 1.17 bits per heavy atom. The van der Waals surface area contributed by atoms with E-state index in [1.165, 1.54) is 12.1 Å². The van der Waals surface area contributed by atoms with Crippen molar-refractivity contribution in [1.82, 2.24) is 10.1 Å². The molecule has 8 heteroatoms. The Morgan fingerprint density at radius 3 is 2.46 bits per heavy atom. The van der Waals surface area contributed by atoms with Crippen LogP contribution in [-0.2, 0) is 16.4 Å². The number of carbonyl (C=O) groups excluding carboxylic acids is 1. The lowest BCUT2D eigenvalue weighted by molar-refractivity contribution is 0.0933. The molecule has 0 bridgehead atoms. The smallest absolute Gasteiger partial charge is 0.305 e. The lowest BCUT2D eigenvalue weighted by Crippen LogP contribution is -2.29. The molecule has 7 nitrogen and oxygen atoms in total. The minimum Gasteiger partial charge on any atom is -0.456 e. The first-order chi connectivity index (χ1) is 11.5. The van der Waals surface area contributed by atoms with Crippen molar-refractivity contribution in [3.8, 4) is 0 Å². The van der Waals surface area contributed by atoms with Crippen LogP contribution in [0.25, 0.3) is 0 Å². The SMILES string of the molecule is CCc1ccc(C(=O)NNc2ccc(S(=O)(=O)NC3CC3)cc2)o1. The van der Waals surface area contributed by atoms with Gasteiger partial charge in [0.05, 0.1) is 10.6 Å². The fourth-order valence-electron chi connectivity index (χ4n) is 2.09. The van der Waals surface area contributed by atoms with Gasteiger partial charge in [0.2, 0.25) is 10.0 Å². The van der Waals surface area contributed by atoms with Gasteiger partial charge in [0.15, 0.2) is 5.76 Å². The maximum atomic E-state index is 12.1. The summed E-state index contributed by atoms with van der Waals surface area (Å²) in [4.78, 5) is 12.1. The highest BCUT2D eigenvalue weighted by Crippen LogP contribution is 2.22. The van der Waals surface area contributed by atoms with E-state index in [1.54, 1.807) is 24.3 Å². The highest BCUT2D eigenvalue weighted by Gasteiger charge is 2.27. The van der Waals surface area contributed by atoms with E-state index in [4.69, 9.17) is 4.42 Å². The largest absolute Gasteiger partial charge is 0.456 e. The molecule has 128 valence electrons. The Balaban J connectivity index is 1.58. The zero-order valence-corrected chi connectivity index (χ0v) is 14.0. The number of hydrogen-bond acceptors (Lipinski definition) is 5. The van der Waals surface area contributed by atoms with Crippen molar-refractivity contribution >= 4 is 21.6 Å². The van der Waals surface area contributed by atoms with Crippen LogP contribution in [0.1, 0.15) is 36.1 Å². The van der Waals surface area contributed by atoms with E-state index in [9.17, 15) is 13.2 Å². The number of sulfonamides is 1. The van der Waals surface area contributed by atoms with Gasteiger partial charge in [0.25, 0.3) is 0 Å². The standard InChI is InChI=1S/C16H19N3O4S/c1-2-13-7-10-15(23-13)16(20)18-17-11-5-8-14(9-6-11)24(21,22)19-12-3-4-12/h5-10,12,17,19H,2-4H2,1H3,(H,18,20). The average molecular weight is 349 g/mol. The van der Waals surface area contributed by atoms with E-state index >= 15 is 0 Å². The molecule has 3 rings (SSSR count). The van der Waals surface area contributed by atoms with Crippen LogP contribution in [0.4, 0.5) is 5.69 Å². The third kappa shape index (κ3) is 3.95. The maximum absolute atomic E-state index is 12.1. The molecule has 0 spiro atoms. The predicted octanol–water partition coefficient (Wildman–Crippen LogP) is 2.04. The summed E-state index contributed by atoms with van der Waals surface area (Å²) in [5.74, 6) is 0.548. The van der Waals surface area contributed by atoms with Crippen molar-refractivity contribution in [1.29, 1.82) is 0 Å². The van der Waals surface area contributed by atoms with Crippen LogP contribution in [-0.4, -0.2) is 20.4 Å². The first-order valence-electron chi connectivity index (χ1n) is 7.75. The third-order valence-corrected chi connectivity index (χ3v) is 5.15. The van der Waals surface area contributed by atoms with Gasteiger partial charge in [0, 0.05) is 12.5 Å². The quantitative estimate of drug-likeness (QED) is 0.664. The van der Waals surface area contributed by atoms with Gasteiger partial charge >= 0.3 is 5.91 Å². The van der Waals surface area contributed by atoms with Crippen molar-refractivity contribution in [3.05, 3.63) is 47.9 Å². The van der Waals surface area contributed by atoms with E-state index < -0.39 is 15.9 Å². The van der Waals surface area contributed by atoms with Crippen molar-refractivity contribution in [3.63, 3.8) is 0 Å². The van der Waals surface area contributed by atoms with E-state index in [1.807, 2.05) is 6.92 Å². The number of amides is 1. The van der Waals surface area contributed by atoms with E-state index in [2.05, 4.69) is 15.6 Å². The molecule has 3 N–H and O–H groups in total. The molecule has 24 heavy (non-hydrogen) atoms. The monoisotopic (exact) mass is 349 g/mol. The zero-order chi connectivity index (χ0) is 17.2. The fraction of sp³-hybridized carbons (Fsp3) is 0.312. The van der Waals surface area contributed by atoms with Crippen LogP contribution in [0.2, 0.25) is 0 Å². The third-order valence-electron chi connectivity index (χ3n) is 3.62. The summed E-state index contributed by atoms with van der Waals surface area (Å²) in [5.41, 5.74) is 5.80. The van der Waals surface area contributed by atoms with E-state index in [0.29, 0.717) is 12.1 Å². The number of benzene rings is 1. The molecule has 1 aliphatic carbocycles. The molecule has 1 aromatic carbocycles. The normalized spacial score (nSPS) is 14.4. The summed E-state index contributed by atoms with van der Waals surface area (Å²) in [7, 11) is -3.47. The van der Waals surface area contributed by atoms with Crippen molar-refractivity contribution in [2.24, 2.45) is 0 Å². The molecular weight excluding hydrogens is 330 g/mol. The Labute approximate surface area is 140 Å². The fourth-order valence-corrected chi connectivity index (χ4v) is 3.39. The van der Waals surface area contributed by atoms with Gasteiger partial charge < -0.3 is 4.42 Å². The van der Waals surface area contributed by atoms with Crippen LogP contribution in [0, 0.1) is 0 Å². The number of hydrogen-bond donors (Lipinski definition) is 3. The first kappa shape index (κ1) is 16.5. The Morgan fingerprint density at radius 2 is 1.88 bits per heavy atom. The second-order valence-corrected chi connectivity index (χ2v) is 7.33. The van der Waals surface area contributed by atoms with Crippen LogP contribution in [0.5, 0.6) is 0 Å². The Kier molecular flexibility index (Phi) is 4.59. The van der Waals surface area contributed by atoms with Crippen LogP contribution in [0.3, 0.4) is 0 Å². The molecule has 1 fully saturated rings. The molecule has 0 radical (unpaired) electrons. The average Bonchev–Trinajstić information content (AvgIpc) is 3.24. The number of rotatable bonds is 7. The Hall–Kier alpha value is -2.32. The molecule has 1 heterocycles. The minimum absolute atomic E-state index is 0.0633. The number of carbonyl (C=O) groups is 1. The molecule has 0 atom stereocenters. The summed E-state index contributed by atoms with van der Waals surface area (Å²) in [6.45, 7) is 1.94. The number of furan rings is 1. The molecule has 2 aromatic rings. The molecule has 1 aliphatic rings. The Bertz CT molecular complexity index is 823. The number of aryl methyl sites for hydroxylation is 1. The van der Waals surface area contributed by atoms with Gasteiger partial charge in [-0.3, -0.25) is 15.6 Å². The number of nitrogens with one attached hydrogen (secondary N) is 3. The first-order valence-corrected chi connectivity index (χ1v) is 9.24. The summed E-state index contributed by atoms with van der Waals surface area (Å²) in [6.07, 6.45) is 2.49. The van der Waals surface area contributed by atoms with Crippen molar-refractivity contribution in [2.45, 2.75) is 37.1 Å². The van der Waals surface area contributed by atoms with Gasteiger partial charge in [0.1, 0.15) is 5.76 Å². The van der Waals surface area contributed by atoms with Crippen LogP contribution in [0.15, 0.2) is 45.7 Å². The maximum Gasteiger partial charge on any atom is 0.305 e. The number of anilines is 1. The lowest BCUT2D eigenvalue weighted by Gasteiger charge is -2.09.